The van der Waals surface area contributed by atoms with Gasteiger partial charge in [0, 0.05) is 6.61 Å². The van der Waals surface area contributed by atoms with Crippen LogP contribution in [-0.4, -0.2) is 24.5 Å². The summed E-state index contributed by atoms with van der Waals surface area (Å²) in [4.78, 5) is 0. The van der Waals surface area contributed by atoms with Gasteiger partial charge in [-0.05, 0) is 25.7 Å². The summed E-state index contributed by atoms with van der Waals surface area (Å²) in [5.41, 5.74) is 0. The molecular weight excluding hydrogens is 167 g/mol. The quantitative estimate of drug-likeness (QED) is 0.437. The molecule has 0 saturated carbocycles. The molecule has 0 radical (unpaired) electrons. The summed E-state index contributed by atoms with van der Waals surface area (Å²) >= 11 is 0. The summed E-state index contributed by atoms with van der Waals surface area (Å²) in [6, 6.07) is 0. The van der Waals surface area contributed by atoms with Crippen molar-refractivity contribution < 1.29 is 5.11 Å². The molecule has 0 aliphatic carbocycles. The summed E-state index contributed by atoms with van der Waals surface area (Å²) in [5, 5.41) is 8.54. The van der Waals surface area contributed by atoms with Gasteiger partial charge in [0.1, 0.15) is 0 Å². The molecule has 1 atom stereocenters. The average molecular weight is 190 g/mol. The fourth-order valence-electron chi connectivity index (χ4n) is 1.30. The number of aliphatic hydroxyl groups is 1. The number of aliphatic hydroxyl groups excluding tert-OH is 1. The molecule has 0 aromatic carbocycles. The number of unbranched alkanes of at least 4 members (excludes halogenated alkanes) is 6. The van der Waals surface area contributed by atoms with Gasteiger partial charge in [-0.25, -0.2) is 0 Å². The molecule has 0 heterocycles. The van der Waals surface area contributed by atoms with Crippen LogP contribution in [0.3, 0.4) is 0 Å². The molecule has 1 nitrogen and oxygen atoms in total. The molecule has 0 aliphatic rings. The lowest BCUT2D eigenvalue weighted by Crippen LogP contribution is -1.84. The lowest BCUT2D eigenvalue weighted by molar-refractivity contribution is 0.282. The Morgan fingerprint density at radius 1 is 0.833 bits per heavy atom. The topological polar surface area (TPSA) is 20.2 Å². The standard InChI is InChI=1S/C10H23OP/c1-12-10-8-6-4-2-3-5-7-9-11/h11-12H,2-10H2,1H3. The Kier molecular flexibility index (Phi) is 11.8. The van der Waals surface area contributed by atoms with E-state index in [1.54, 1.807) is 0 Å². The van der Waals surface area contributed by atoms with Gasteiger partial charge in [-0.2, -0.15) is 0 Å². The zero-order chi connectivity index (χ0) is 9.07. The van der Waals surface area contributed by atoms with Crippen LogP contribution >= 0.6 is 8.58 Å². The zero-order valence-electron chi connectivity index (χ0n) is 8.31. The van der Waals surface area contributed by atoms with Gasteiger partial charge in [0.05, 0.1) is 0 Å². The maximum Gasteiger partial charge on any atom is 0.0431 e. The van der Waals surface area contributed by atoms with Crippen LogP contribution in [0.2, 0.25) is 0 Å². The van der Waals surface area contributed by atoms with Crippen molar-refractivity contribution in [2.24, 2.45) is 0 Å². The van der Waals surface area contributed by atoms with Gasteiger partial charge >= 0.3 is 0 Å². The first kappa shape index (κ1) is 12.4. The summed E-state index contributed by atoms with van der Waals surface area (Å²) < 4.78 is 0. The monoisotopic (exact) mass is 190 g/mol. The van der Waals surface area contributed by atoms with E-state index < -0.39 is 0 Å². The molecule has 0 aromatic rings. The van der Waals surface area contributed by atoms with Crippen molar-refractivity contribution in [2.45, 2.75) is 44.9 Å². The predicted molar refractivity (Wildman–Crippen MR) is 58.5 cm³/mol. The maximum atomic E-state index is 8.54. The molecule has 0 aromatic heterocycles. The molecule has 0 rings (SSSR count). The number of hydrogen-bond donors (Lipinski definition) is 1. The molecule has 0 amide bonds. The Hall–Kier alpha value is 0.390. The van der Waals surface area contributed by atoms with Crippen molar-refractivity contribution in [3.8, 4) is 0 Å². The number of hydrogen-bond acceptors (Lipinski definition) is 1. The van der Waals surface area contributed by atoms with E-state index in [1.165, 1.54) is 44.7 Å². The Balaban J connectivity index is 2.73. The molecule has 0 bridgehead atoms. The van der Waals surface area contributed by atoms with E-state index in [0.29, 0.717) is 6.61 Å². The summed E-state index contributed by atoms with van der Waals surface area (Å²) in [7, 11) is 1.14. The molecule has 0 spiro atoms. The van der Waals surface area contributed by atoms with Gasteiger partial charge in [0.15, 0.2) is 0 Å². The predicted octanol–water partition coefficient (Wildman–Crippen LogP) is 3.02. The van der Waals surface area contributed by atoms with E-state index in [4.69, 9.17) is 5.11 Å². The molecule has 1 unspecified atom stereocenters. The normalized spacial score (nSPS) is 11.5. The minimum Gasteiger partial charge on any atom is -0.396 e. The fourth-order valence-corrected chi connectivity index (χ4v) is 1.90. The van der Waals surface area contributed by atoms with Crippen LogP contribution in [0.4, 0.5) is 0 Å². The highest BCUT2D eigenvalue weighted by molar-refractivity contribution is 7.36. The van der Waals surface area contributed by atoms with E-state index >= 15 is 0 Å². The van der Waals surface area contributed by atoms with E-state index in [-0.39, 0.29) is 0 Å². The Labute approximate surface area is 78.7 Å². The molecular formula is C10H23OP. The lowest BCUT2D eigenvalue weighted by atomic mass is 10.1. The van der Waals surface area contributed by atoms with Gasteiger partial charge in [-0.15, -0.1) is 8.58 Å². The van der Waals surface area contributed by atoms with Gasteiger partial charge < -0.3 is 5.11 Å². The van der Waals surface area contributed by atoms with Crippen LogP contribution in [0.5, 0.6) is 0 Å². The van der Waals surface area contributed by atoms with Crippen LogP contribution in [0.25, 0.3) is 0 Å². The van der Waals surface area contributed by atoms with Gasteiger partial charge in [-0.1, -0.05) is 32.1 Å². The highest BCUT2D eigenvalue weighted by Crippen LogP contribution is 2.11. The fraction of sp³-hybridized carbons (Fsp3) is 1.00. The van der Waals surface area contributed by atoms with Crippen molar-refractivity contribution in [3.05, 3.63) is 0 Å². The molecule has 0 aliphatic heterocycles. The first-order valence-electron chi connectivity index (χ1n) is 5.17. The van der Waals surface area contributed by atoms with Gasteiger partial charge in [0.2, 0.25) is 0 Å². The Morgan fingerprint density at radius 2 is 1.33 bits per heavy atom. The molecule has 0 saturated heterocycles. The van der Waals surface area contributed by atoms with E-state index in [2.05, 4.69) is 6.66 Å². The average Bonchev–Trinajstić information content (AvgIpc) is 2.10. The van der Waals surface area contributed by atoms with E-state index in [9.17, 15) is 0 Å². The second-order valence-corrected chi connectivity index (χ2v) is 4.51. The largest absolute Gasteiger partial charge is 0.396 e. The van der Waals surface area contributed by atoms with E-state index in [1.807, 2.05) is 0 Å². The van der Waals surface area contributed by atoms with Gasteiger partial charge in [0.25, 0.3) is 0 Å². The molecule has 0 fully saturated rings. The first-order valence-corrected chi connectivity index (χ1v) is 6.88. The Morgan fingerprint density at radius 3 is 1.83 bits per heavy atom. The van der Waals surface area contributed by atoms with Crippen molar-refractivity contribution in [1.82, 2.24) is 0 Å². The minimum atomic E-state index is 0.372. The summed E-state index contributed by atoms with van der Waals surface area (Å²) in [6.07, 6.45) is 10.6. The third kappa shape index (κ3) is 10.4. The smallest absolute Gasteiger partial charge is 0.0431 e. The second kappa shape index (κ2) is 11.4. The zero-order valence-corrected chi connectivity index (χ0v) is 9.31. The highest BCUT2D eigenvalue weighted by atomic mass is 31.1. The van der Waals surface area contributed by atoms with E-state index in [0.717, 1.165) is 15.0 Å². The highest BCUT2D eigenvalue weighted by Gasteiger charge is 1.90. The summed E-state index contributed by atoms with van der Waals surface area (Å²) in [6.45, 7) is 2.65. The van der Waals surface area contributed by atoms with Crippen LogP contribution in [0.15, 0.2) is 0 Å². The maximum absolute atomic E-state index is 8.54. The third-order valence-corrected chi connectivity index (χ3v) is 2.94. The van der Waals surface area contributed by atoms with Crippen LogP contribution < -0.4 is 0 Å². The molecule has 12 heavy (non-hydrogen) atoms. The van der Waals surface area contributed by atoms with Gasteiger partial charge in [-0.3, -0.25) is 0 Å². The van der Waals surface area contributed by atoms with Crippen molar-refractivity contribution in [1.29, 1.82) is 0 Å². The van der Waals surface area contributed by atoms with Crippen LogP contribution in [-0.2, 0) is 0 Å². The first-order chi connectivity index (χ1) is 5.91. The van der Waals surface area contributed by atoms with Crippen molar-refractivity contribution in [2.75, 3.05) is 19.4 Å². The second-order valence-electron chi connectivity index (χ2n) is 3.30. The molecule has 2 heteroatoms. The number of rotatable bonds is 9. The Bertz CT molecular complexity index is 66.2. The third-order valence-electron chi connectivity index (χ3n) is 2.08. The lowest BCUT2D eigenvalue weighted by Gasteiger charge is -1.99. The minimum absolute atomic E-state index is 0.372. The van der Waals surface area contributed by atoms with Crippen molar-refractivity contribution >= 4 is 8.58 Å². The summed E-state index contributed by atoms with van der Waals surface area (Å²) in [5.74, 6) is 0. The molecule has 74 valence electrons. The van der Waals surface area contributed by atoms with Crippen molar-refractivity contribution in [3.63, 3.8) is 0 Å². The molecule has 1 N–H and O–H groups in total. The van der Waals surface area contributed by atoms with Crippen LogP contribution in [0.1, 0.15) is 44.9 Å². The SMILES string of the molecule is CPCCCCCCCCCO. The van der Waals surface area contributed by atoms with Crippen LogP contribution in [0, 0.1) is 0 Å².